The summed E-state index contributed by atoms with van der Waals surface area (Å²) in [5, 5.41) is 5.02. The molecule has 9 aromatic carbocycles. The molecular formula is C55H36N2. The third-order valence-electron chi connectivity index (χ3n) is 12.1. The van der Waals surface area contributed by atoms with Crippen LogP contribution in [0.2, 0.25) is 0 Å². The third kappa shape index (κ3) is 4.91. The van der Waals surface area contributed by atoms with Crippen molar-refractivity contribution in [2.45, 2.75) is 6.42 Å². The molecule has 0 saturated carbocycles. The molecule has 1 aliphatic rings. The second-order valence-corrected chi connectivity index (χ2v) is 15.3. The van der Waals surface area contributed by atoms with Gasteiger partial charge in [0, 0.05) is 32.7 Å². The maximum atomic E-state index is 2.53. The smallest absolute Gasteiger partial charge is 0.0549 e. The largest absolute Gasteiger partial charge is 0.309 e. The maximum absolute atomic E-state index is 2.53. The fraction of sp³-hybridized carbons (Fsp3) is 0.0182. The molecule has 0 bridgehead atoms. The molecule has 0 aliphatic heterocycles. The lowest BCUT2D eigenvalue weighted by Crippen LogP contribution is -1.99. The number of hydrogen-bond acceptors (Lipinski definition) is 0. The predicted octanol–water partition coefficient (Wildman–Crippen LogP) is 14.5. The van der Waals surface area contributed by atoms with E-state index in [1.165, 1.54) is 111 Å². The average Bonchev–Trinajstić information content (AvgIpc) is 3.94. The standard InChI is InChI=1S/C55H36N2/c1-3-15-36(16-4-1)41-32-42-31-40-19-7-8-21-44(40)55(42)54(35-41)57-50-25-13-10-22-45(50)47-29-27-39(34-53(47)57)38-28-30-52-48(33-38)46-23-11-14-26-51(46)56(52)49-24-12-9-20-43(49)37-17-5-2-6-18-37/h1-30,32-35H,31H2. The Kier molecular flexibility index (Phi) is 7.02. The molecular weight excluding hydrogens is 689 g/mol. The van der Waals surface area contributed by atoms with Gasteiger partial charge in [-0.3, -0.25) is 0 Å². The molecule has 11 aromatic rings. The fourth-order valence-corrected chi connectivity index (χ4v) is 9.59. The number of rotatable bonds is 5. The van der Waals surface area contributed by atoms with E-state index in [1.54, 1.807) is 0 Å². The molecule has 57 heavy (non-hydrogen) atoms. The van der Waals surface area contributed by atoms with Gasteiger partial charge in [0.15, 0.2) is 0 Å². The summed E-state index contributed by atoms with van der Waals surface area (Å²) in [5.41, 5.74) is 20.0. The minimum absolute atomic E-state index is 0.936. The highest BCUT2D eigenvalue weighted by atomic mass is 15.0. The van der Waals surface area contributed by atoms with E-state index in [9.17, 15) is 0 Å². The highest BCUT2D eigenvalue weighted by Gasteiger charge is 2.26. The molecule has 0 radical (unpaired) electrons. The van der Waals surface area contributed by atoms with Crippen LogP contribution >= 0.6 is 0 Å². The van der Waals surface area contributed by atoms with Crippen LogP contribution in [0.4, 0.5) is 0 Å². The number of fused-ring (bicyclic) bond motifs is 9. The van der Waals surface area contributed by atoms with E-state index in [2.05, 4.69) is 215 Å². The van der Waals surface area contributed by atoms with Crippen LogP contribution < -0.4 is 0 Å². The normalized spacial score (nSPS) is 12.1. The quantitative estimate of drug-likeness (QED) is 0.167. The average molecular weight is 725 g/mol. The molecule has 2 heterocycles. The maximum Gasteiger partial charge on any atom is 0.0549 e. The van der Waals surface area contributed by atoms with E-state index in [0.29, 0.717) is 0 Å². The van der Waals surface area contributed by atoms with Crippen LogP contribution in [-0.4, -0.2) is 9.13 Å². The van der Waals surface area contributed by atoms with Crippen LogP contribution in [0.25, 0.3) is 99.5 Å². The van der Waals surface area contributed by atoms with Crippen LogP contribution in [0.3, 0.4) is 0 Å². The second kappa shape index (κ2) is 12.6. The van der Waals surface area contributed by atoms with Gasteiger partial charge in [0.05, 0.1) is 33.4 Å². The van der Waals surface area contributed by atoms with Gasteiger partial charge in [0.1, 0.15) is 0 Å². The van der Waals surface area contributed by atoms with E-state index < -0.39 is 0 Å². The fourth-order valence-electron chi connectivity index (χ4n) is 9.59. The van der Waals surface area contributed by atoms with Crippen LogP contribution in [0.1, 0.15) is 11.1 Å². The molecule has 0 amide bonds. The molecule has 0 N–H and O–H groups in total. The molecule has 0 saturated heterocycles. The number of hydrogen-bond donors (Lipinski definition) is 0. The minimum atomic E-state index is 0.936. The Morgan fingerprint density at radius 1 is 0.281 bits per heavy atom. The van der Waals surface area contributed by atoms with Gasteiger partial charge in [-0.25, -0.2) is 0 Å². The first-order valence-electron chi connectivity index (χ1n) is 19.8. The Morgan fingerprint density at radius 2 is 0.842 bits per heavy atom. The summed E-state index contributed by atoms with van der Waals surface area (Å²) >= 11 is 0. The van der Waals surface area contributed by atoms with Crippen LogP contribution in [-0.2, 0) is 6.42 Å². The Labute approximate surface area is 331 Å². The Bertz CT molecular complexity index is 3360. The summed E-state index contributed by atoms with van der Waals surface area (Å²) in [5.74, 6) is 0. The SMILES string of the molecule is c1ccc(-c2cc3c(c(-n4c5ccccc5c5ccc(-c6ccc7c(c6)c6ccccc6n7-c6ccccc6-c6ccccc6)cc54)c2)-c2ccccc2C3)cc1. The van der Waals surface area contributed by atoms with Crippen LogP contribution in [0.15, 0.2) is 206 Å². The van der Waals surface area contributed by atoms with Crippen molar-refractivity contribution in [3.05, 3.63) is 217 Å². The molecule has 2 aromatic heterocycles. The minimum Gasteiger partial charge on any atom is -0.309 e. The molecule has 12 rings (SSSR count). The molecule has 0 unspecified atom stereocenters. The lowest BCUT2D eigenvalue weighted by atomic mass is 9.96. The third-order valence-corrected chi connectivity index (χ3v) is 12.1. The zero-order valence-corrected chi connectivity index (χ0v) is 31.2. The van der Waals surface area contributed by atoms with Crippen LogP contribution in [0, 0.1) is 0 Å². The lowest BCUT2D eigenvalue weighted by Gasteiger charge is -2.17. The van der Waals surface area contributed by atoms with Gasteiger partial charge in [-0.1, -0.05) is 164 Å². The summed E-state index contributed by atoms with van der Waals surface area (Å²) < 4.78 is 4.97. The van der Waals surface area contributed by atoms with Crippen molar-refractivity contribution in [1.29, 1.82) is 0 Å². The molecule has 0 fully saturated rings. The number of para-hydroxylation sites is 3. The summed E-state index contributed by atoms with van der Waals surface area (Å²) in [4.78, 5) is 0. The van der Waals surface area contributed by atoms with Crippen molar-refractivity contribution in [2.24, 2.45) is 0 Å². The monoisotopic (exact) mass is 724 g/mol. The van der Waals surface area contributed by atoms with Crippen molar-refractivity contribution in [3.8, 4) is 55.9 Å². The van der Waals surface area contributed by atoms with Crippen molar-refractivity contribution in [1.82, 2.24) is 9.13 Å². The summed E-state index contributed by atoms with van der Waals surface area (Å²) in [6.07, 6.45) is 0.936. The first-order chi connectivity index (χ1) is 28.3. The second-order valence-electron chi connectivity index (χ2n) is 15.3. The molecule has 2 heteroatoms. The summed E-state index contributed by atoms with van der Waals surface area (Å²) in [6.45, 7) is 0. The van der Waals surface area contributed by atoms with E-state index in [0.717, 1.165) is 6.42 Å². The summed E-state index contributed by atoms with van der Waals surface area (Å²) in [7, 11) is 0. The van der Waals surface area contributed by atoms with Gasteiger partial charge >= 0.3 is 0 Å². The van der Waals surface area contributed by atoms with E-state index in [-0.39, 0.29) is 0 Å². The van der Waals surface area contributed by atoms with Gasteiger partial charge < -0.3 is 9.13 Å². The Morgan fingerprint density at radius 3 is 1.63 bits per heavy atom. The highest BCUT2D eigenvalue weighted by molar-refractivity contribution is 6.13. The lowest BCUT2D eigenvalue weighted by molar-refractivity contribution is 1.17. The van der Waals surface area contributed by atoms with E-state index >= 15 is 0 Å². The van der Waals surface area contributed by atoms with Gasteiger partial charge in [-0.05, 0) is 93.4 Å². The molecule has 2 nitrogen and oxygen atoms in total. The zero-order chi connectivity index (χ0) is 37.5. The highest BCUT2D eigenvalue weighted by Crippen LogP contribution is 2.46. The zero-order valence-electron chi connectivity index (χ0n) is 31.2. The van der Waals surface area contributed by atoms with Crippen molar-refractivity contribution in [3.63, 3.8) is 0 Å². The first-order valence-corrected chi connectivity index (χ1v) is 19.8. The molecule has 266 valence electrons. The first kappa shape index (κ1) is 31.9. The number of benzene rings is 9. The van der Waals surface area contributed by atoms with Gasteiger partial charge in [0.25, 0.3) is 0 Å². The Hall–Kier alpha value is -7.42. The van der Waals surface area contributed by atoms with Crippen LogP contribution in [0.5, 0.6) is 0 Å². The topological polar surface area (TPSA) is 9.86 Å². The van der Waals surface area contributed by atoms with Gasteiger partial charge in [0.2, 0.25) is 0 Å². The molecule has 0 spiro atoms. The van der Waals surface area contributed by atoms with Crippen molar-refractivity contribution < 1.29 is 0 Å². The van der Waals surface area contributed by atoms with Gasteiger partial charge in [-0.15, -0.1) is 0 Å². The number of nitrogens with zero attached hydrogens (tertiary/aromatic N) is 2. The van der Waals surface area contributed by atoms with E-state index in [4.69, 9.17) is 0 Å². The van der Waals surface area contributed by atoms with Gasteiger partial charge in [-0.2, -0.15) is 0 Å². The Balaban J connectivity index is 1.09. The predicted molar refractivity (Wildman–Crippen MR) is 240 cm³/mol. The summed E-state index contributed by atoms with van der Waals surface area (Å²) in [6, 6.07) is 75.9. The van der Waals surface area contributed by atoms with Crippen molar-refractivity contribution >= 4 is 43.6 Å². The molecule has 0 atom stereocenters. The number of aromatic nitrogens is 2. The van der Waals surface area contributed by atoms with Crippen molar-refractivity contribution in [2.75, 3.05) is 0 Å². The van der Waals surface area contributed by atoms with E-state index in [1.807, 2.05) is 0 Å². The molecule has 1 aliphatic carbocycles.